The van der Waals surface area contributed by atoms with E-state index in [-0.39, 0.29) is 0 Å². The second-order valence-corrected chi connectivity index (χ2v) is 5.89. The standard InChI is InChI=1S/C20H17N3/c1-13-3-7-15(8-4-13)17-11-18(16-9-5-14(2)6-10-16)23-20-19(17)21-12-22-20/h3-12H,1-2H3,(H,21,22,23). The molecule has 23 heavy (non-hydrogen) atoms. The van der Waals surface area contributed by atoms with Crippen molar-refractivity contribution in [3.63, 3.8) is 0 Å². The Labute approximate surface area is 135 Å². The number of H-pyrrole nitrogens is 1. The van der Waals surface area contributed by atoms with Crippen LogP contribution in [-0.2, 0) is 0 Å². The van der Waals surface area contributed by atoms with Gasteiger partial charge >= 0.3 is 0 Å². The minimum Gasteiger partial charge on any atom is -0.343 e. The molecule has 0 spiro atoms. The number of aryl methyl sites for hydroxylation is 2. The number of imidazole rings is 1. The first-order chi connectivity index (χ1) is 11.2. The van der Waals surface area contributed by atoms with Gasteiger partial charge in [0.25, 0.3) is 0 Å². The Morgan fingerprint density at radius 1 is 0.783 bits per heavy atom. The Bertz CT molecular complexity index is 964. The highest BCUT2D eigenvalue weighted by molar-refractivity contribution is 5.92. The molecular formula is C20H17N3. The first-order valence-corrected chi connectivity index (χ1v) is 7.69. The van der Waals surface area contributed by atoms with Crippen LogP contribution in [0.5, 0.6) is 0 Å². The van der Waals surface area contributed by atoms with Crippen LogP contribution in [0.2, 0.25) is 0 Å². The summed E-state index contributed by atoms with van der Waals surface area (Å²) in [5, 5.41) is 0. The van der Waals surface area contributed by atoms with Crippen LogP contribution in [-0.4, -0.2) is 15.0 Å². The molecule has 0 aliphatic heterocycles. The first kappa shape index (κ1) is 13.7. The van der Waals surface area contributed by atoms with Crippen LogP contribution in [0.25, 0.3) is 33.5 Å². The number of hydrogen-bond donors (Lipinski definition) is 1. The third kappa shape index (κ3) is 2.50. The van der Waals surface area contributed by atoms with Gasteiger partial charge in [0.2, 0.25) is 0 Å². The lowest BCUT2D eigenvalue weighted by Crippen LogP contribution is -1.90. The lowest BCUT2D eigenvalue weighted by molar-refractivity contribution is 1.30. The van der Waals surface area contributed by atoms with Crippen molar-refractivity contribution in [3.05, 3.63) is 72.1 Å². The number of benzene rings is 2. The molecule has 3 heteroatoms. The fraction of sp³-hybridized carbons (Fsp3) is 0.100. The van der Waals surface area contributed by atoms with Gasteiger partial charge in [0.15, 0.2) is 5.65 Å². The Kier molecular flexibility index (Phi) is 3.19. The summed E-state index contributed by atoms with van der Waals surface area (Å²) in [6, 6.07) is 19.1. The van der Waals surface area contributed by atoms with Gasteiger partial charge in [-0.2, -0.15) is 0 Å². The van der Waals surface area contributed by atoms with E-state index >= 15 is 0 Å². The molecule has 1 N–H and O–H groups in total. The van der Waals surface area contributed by atoms with Gasteiger partial charge in [0.1, 0.15) is 0 Å². The van der Waals surface area contributed by atoms with E-state index in [1.165, 1.54) is 16.7 Å². The number of hydrogen-bond acceptors (Lipinski definition) is 2. The fourth-order valence-corrected chi connectivity index (χ4v) is 2.76. The summed E-state index contributed by atoms with van der Waals surface area (Å²) in [5.41, 5.74) is 8.57. The molecule has 0 unspecified atom stereocenters. The van der Waals surface area contributed by atoms with Crippen LogP contribution in [0.15, 0.2) is 60.9 Å². The second kappa shape index (κ2) is 5.36. The fourth-order valence-electron chi connectivity index (χ4n) is 2.76. The zero-order chi connectivity index (χ0) is 15.8. The monoisotopic (exact) mass is 299 g/mol. The number of rotatable bonds is 2. The number of pyridine rings is 1. The number of aromatic amines is 1. The van der Waals surface area contributed by atoms with Gasteiger partial charge < -0.3 is 4.98 Å². The van der Waals surface area contributed by atoms with Crippen LogP contribution >= 0.6 is 0 Å². The first-order valence-electron chi connectivity index (χ1n) is 7.69. The number of aromatic nitrogens is 3. The lowest BCUT2D eigenvalue weighted by Gasteiger charge is -2.08. The molecule has 112 valence electrons. The molecule has 3 nitrogen and oxygen atoms in total. The summed E-state index contributed by atoms with van der Waals surface area (Å²) in [7, 11) is 0. The molecular weight excluding hydrogens is 282 g/mol. The van der Waals surface area contributed by atoms with Crippen LogP contribution in [0.3, 0.4) is 0 Å². The average Bonchev–Trinajstić information content (AvgIpc) is 3.04. The SMILES string of the molecule is Cc1ccc(-c2cc(-c3ccc(C)cc3)c3[nH]cnc3n2)cc1. The Morgan fingerprint density at radius 3 is 2.04 bits per heavy atom. The van der Waals surface area contributed by atoms with E-state index in [1.807, 2.05) is 0 Å². The molecule has 0 saturated heterocycles. The van der Waals surface area contributed by atoms with E-state index in [0.29, 0.717) is 0 Å². The molecule has 2 aromatic carbocycles. The molecule has 0 saturated carbocycles. The van der Waals surface area contributed by atoms with Crippen LogP contribution in [0.1, 0.15) is 11.1 Å². The normalized spacial score (nSPS) is 11.0. The molecule has 0 fully saturated rings. The Balaban J connectivity index is 1.94. The van der Waals surface area contributed by atoms with Crippen molar-refractivity contribution >= 4 is 11.2 Å². The highest BCUT2D eigenvalue weighted by Gasteiger charge is 2.11. The van der Waals surface area contributed by atoms with E-state index < -0.39 is 0 Å². The summed E-state index contributed by atoms with van der Waals surface area (Å²) in [6.45, 7) is 4.19. The summed E-state index contributed by atoms with van der Waals surface area (Å²) in [5.74, 6) is 0. The van der Waals surface area contributed by atoms with Gasteiger partial charge in [-0.05, 0) is 25.5 Å². The van der Waals surface area contributed by atoms with Crippen molar-refractivity contribution in [3.8, 4) is 22.4 Å². The van der Waals surface area contributed by atoms with E-state index in [1.54, 1.807) is 6.33 Å². The topological polar surface area (TPSA) is 41.6 Å². The van der Waals surface area contributed by atoms with Crippen molar-refractivity contribution in [1.29, 1.82) is 0 Å². The molecule has 0 aliphatic rings. The minimum atomic E-state index is 0.749. The zero-order valence-corrected chi connectivity index (χ0v) is 13.2. The van der Waals surface area contributed by atoms with Crippen molar-refractivity contribution in [2.75, 3.05) is 0 Å². The summed E-state index contributed by atoms with van der Waals surface area (Å²) in [4.78, 5) is 12.3. The predicted molar refractivity (Wildman–Crippen MR) is 94.2 cm³/mol. The highest BCUT2D eigenvalue weighted by atomic mass is 15.0. The maximum atomic E-state index is 4.70. The second-order valence-electron chi connectivity index (χ2n) is 5.89. The van der Waals surface area contributed by atoms with E-state index in [9.17, 15) is 0 Å². The van der Waals surface area contributed by atoms with Gasteiger partial charge in [-0.25, -0.2) is 9.97 Å². The largest absolute Gasteiger partial charge is 0.343 e. The molecule has 2 aromatic heterocycles. The molecule has 2 heterocycles. The smallest absolute Gasteiger partial charge is 0.178 e. The molecule has 4 rings (SSSR count). The molecule has 0 bridgehead atoms. The summed E-state index contributed by atoms with van der Waals surface area (Å²) in [6.07, 6.45) is 1.70. The Hall–Kier alpha value is -2.94. The maximum absolute atomic E-state index is 4.70. The van der Waals surface area contributed by atoms with E-state index in [4.69, 9.17) is 4.98 Å². The molecule has 0 amide bonds. The lowest BCUT2D eigenvalue weighted by atomic mass is 10.0. The van der Waals surface area contributed by atoms with Crippen LogP contribution in [0.4, 0.5) is 0 Å². The van der Waals surface area contributed by atoms with E-state index in [0.717, 1.165) is 28.0 Å². The molecule has 4 aromatic rings. The van der Waals surface area contributed by atoms with Crippen LogP contribution in [0, 0.1) is 13.8 Å². The highest BCUT2D eigenvalue weighted by Crippen LogP contribution is 2.30. The average molecular weight is 299 g/mol. The predicted octanol–water partition coefficient (Wildman–Crippen LogP) is 4.91. The molecule has 0 radical (unpaired) electrons. The van der Waals surface area contributed by atoms with Gasteiger partial charge in [0.05, 0.1) is 17.5 Å². The van der Waals surface area contributed by atoms with Crippen molar-refractivity contribution in [2.45, 2.75) is 13.8 Å². The molecule has 0 aliphatic carbocycles. The van der Waals surface area contributed by atoms with Crippen molar-refractivity contribution < 1.29 is 0 Å². The van der Waals surface area contributed by atoms with Gasteiger partial charge in [-0.1, -0.05) is 59.7 Å². The maximum Gasteiger partial charge on any atom is 0.178 e. The third-order valence-corrected chi connectivity index (χ3v) is 4.11. The minimum absolute atomic E-state index is 0.749. The number of nitrogens with one attached hydrogen (secondary N) is 1. The summed E-state index contributed by atoms with van der Waals surface area (Å²) < 4.78 is 0. The van der Waals surface area contributed by atoms with E-state index in [2.05, 4.69) is 78.4 Å². The molecule has 0 atom stereocenters. The van der Waals surface area contributed by atoms with Gasteiger partial charge in [0, 0.05) is 11.1 Å². The Morgan fingerprint density at radius 2 is 1.39 bits per heavy atom. The quantitative estimate of drug-likeness (QED) is 0.571. The van der Waals surface area contributed by atoms with Crippen LogP contribution < -0.4 is 0 Å². The van der Waals surface area contributed by atoms with Crippen molar-refractivity contribution in [2.24, 2.45) is 0 Å². The van der Waals surface area contributed by atoms with Gasteiger partial charge in [-0.15, -0.1) is 0 Å². The summed E-state index contributed by atoms with van der Waals surface area (Å²) >= 11 is 0. The van der Waals surface area contributed by atoms with Gasteiger partial charge in [-0.3, -0.25) is 0 Å². The van der Waals surface area contributed by atoms with Crippen molar-refractivity contribution in [1.82, 2.24) is 15.0 Å². The number of nitrogens with zero attached hydrogens (tertiary/aromatic N) is 2. The number of fused-ring (bicyclic) bond motifs is 1. The zero-order valence-electron chi connectivity index (χ0n) is 13.2. The third-order valence-electron chi connectivity index (χ3n) is 4.11.